The molecule has 0 saturated carbocycles. The van der Waals surface area contributed by atoms with Crippen molar-refractivity contribution < 1.29 is 18.0 Å². The van der Waals surface area contributed by atoms with Crippen molar-refractivity contribution in [2.75, 3.05) is 10.8 Å². The standard InChI is InChI=1S/C30H36BrN3O4S/c1-6-23(4)32-30(36)24(5)33(19-25-12-14-26(31)15-13-25)29(35)20-34(27-9-7-8-22(3)18-27)39(37,38)28-16-10-21(2)11-17-28/h7-18,23-24H,6,19-20H2,1-5H3,(H,32,36)/t23-,24+/m0/s1. The highest BCUT2D eigenvalue weighted by Crippen LogP contribution is 2.26. The number of aryl methyl sites for hydroxylation is 2. The Hall–Kier alpha value is -3.17. The molecular formula is C30H36BrN3O4S. The second-order valence-electron chi connectivity index (χ2n) is 9.81. The maximum atomic E-state index is 13.9. The fourth-order valence-corrected chi connectivity index (χ4v) is 5.65. The number of hydrogen-bond donors (Lipinski definition) is 1. The second kappa shape index (κ2) is 13.3. The Morgan fingerprint density at radius 3 is 2.15 bits per heavy atom. The van der Waals surface area contributed by atoms with Gasteiger partial charge in [0.25, 0.3) is 10.0 Å². The van der Waals surface area contributed by atoms with Gasteiger partial charge in [0, 0.05) is 17.1 Å². The average Bonchev–Trinajstić information content (AvgIpc) is 2.90. The largest absolute Gasteiger partial charge is 0.352 e. The number of rotatable bonds is 11. The molecule has 0 spiro atoms. The van der Waals surface area contributed by atoms with Gasteiger partial charge in [-0.15, -0.1) is 0 Å². The molecule has 208 valence electrons. The normalized spacial score (nSPS) is 12.9. The molecule has 0 radical (unpaired) electrons. The third-order valence-electron chi connectivity index (χ3n) is 6.61. The van der Waals surface area contributed by atoms with Crippen LogP contribution in [0, 0.1) is 13.8 Å². The van der Waals surface area contributed by atoms with Gasteiger partial charge in [-0.2, -0.15) is 0 Å². The Morgan fingerprint density at radius 1 is 0.923 bits per heavy atom. The first kappa shape index (κ1) is 30.4. The number of carbonyl (C=O) groups excluding carboxylic acids is 2. The number of nitrogens with one attached hydrogen (secondary N) is 1. The number of anilines is 1. The number of halogens is 1. The van der Waals surface area contributed by atoms with E-state index in [2.05, 4.69) is 21.2 Å². The number of sulfonamides is 1. The maximum Gasteiger partial charge on any atom is 0.264 e. The molecule has 0 unspecified atom stereocenters. The molecule has 1 N–H and O–H groups in total. The van der Waals surface area contributed by atoms with Crippen LogP contribution in [0.4, 0.5) is 5.69 Å². The van der Waals surface area contributed by atoms with Gasteiger partial charge in [-0.1, -0.05) is 64.8 Å². The highest BCUT2D eigenvalue weighted by Gasteiger charge is 2.32. The molecule has 9 heteroatoms. The highest BCUT2D eigenvalue weighted by molar-refractivity contribution is 9.10. The van der Waals surface area contributed by atoms with Crippen LogP contribution < -0.4 is 9.62 Å². The highest BCUT2D eigenvalue weighted by atomic mass is 79.9. The van der Waals surface area contributed by atoms with Gasteiger partial charge in [-0.25, -0.2) is 8.42 Å². The lowest BCUT2D eigenvalue weighted by atomic mass is 10.1. The molecule has 0 aromatic heterocycles. The Balaban J connectivity index is 2.02. The van der Waals surface area contributed by atoms with E-state index in [9.17, 15) is 18.0 Å². The van der Waals surface area contributed by atoms with E-state index >= 15 is 0 Å². The van der Waals surface area contributed by atoms with E-state index < -0.39 is 28.5 Å². The summed E-state index contributed by atoms with van der Waals surface area (Å²) in [7, 11) is -4.08. The van der Waals surface area contributed by atoms with Crippen LogP contribution in [0.5, 0.6) is 0 Å². The minimum atomic E-state index is -4.08. The van der Waals surface area contributed by atoms with Crippen LogP contribution in [-0.4, -0.2) is 43.8 Å². The number of hydrogen-bond acceptors (Lipinski definition) is 4. The van der Waals surface area contributed by atoms with Crippen molar-refractivity contribution in [1.82, 2.24) is 10.2 Å². The summed E-state index contributed by atoms with van der Waals surface area (Å²) >= 11 is 3.42. The van der Waals surface area contributed by atoms with Gasteiger partial charge >= 0.3 is 0 Å². The van der Waals surface area contributed by atoms with Crippen molar-refractivity contribution in [1.29, 1.82) is 0 Å². The zero-order valence-electron chi connectivity index (χ0n) is 23.0. The minimum absolute atomic E-state index is 0.0599. The van der Waals surface area contributed by atoms with Crippen LogP contribution in [0.1, 0.15) is 43.9 Å². The van der Waals surface area contributed by atoms with Gasteiger partial charge in [-0.3, -0.25) is 13.9 Å². The van der Waals surface area contributed by atoms with Gasteiger partial charge < -0.3 is 10.2 Å². The molecule has 0 fully saturated rings. The average molecular weight is 615 g/mol. The molecule has 0 saturated heterocycles. The zero-order chi connectivity index (χ0) is 28.7. The lowest BCUT2D eigenvalue weighted by molar-refractivity contribution is -0.139. The predicted octanol–water partition coefficient (Wildman–Crippen LogP) is 5.59. The first-order chi connectivity index (χ1) is 18.4. The van der Waals surface area contributed by atoms with Crippen LogP contribution in [0.15, 0.2) is 82.2 Å². The monoisotopic (exact) mass is 613 g/mol. The van der Waals surface area contributed by atoms with E-state index in [-0.39, 0.29) is 23.4 Å². The van der Waals surface area contributed by atoms with E-state index in [1.165, 1.54) is 4.90 Å². The quantitative estimate of drug-likeness (QED) is 0.305. The number of nitrogens with zero attached hydrogens (tertiary/aromatic N) is 2. The van der Waals surface area contributed by atoms with Crippen molar-refractivity contribution in [2.24, 2.45) is 0 Å². The van der Waals surface area contributed by atoms with E-state index in [0.29, 0.717) is 5.69 Å². The molecule has 2 atom stereocenters. The van der Waals surface area contributed by atoms with Gasteiger partial charge in [0.05, 0.1) is 10.6 Å². The number of amides is 2. The van der Waals surface area contributed by atoms with E-state index in [1.807, 2.05) is 58.0 Å². The van der Waals surface area contributed by atoms with Gasteiger partial charge in [-0.05, 0) is 81.6 Å². The lowest BCUT2D eigenvalue weighted by Crippen LogP contribution is -2.52. The summed E-state index contributed by atoms with van der Waals surface area (Å²) in [6.07, 6.45) is 0.745. The molecule has 0 aliphatic heterocycles. The summed E-state index contributed by atoms with van der Waals surface area (Å²) in [4.78, 5) is 28.6. The molecule has 3 aromatic carbocycles. The van der Waals surface area contributed by atoms with Gasteiger partial charge in [0.15, 0.2) is 0 Å². The van der Waals surface area contributed by atoms with Crippen LogP contribution >= 0.6 is 15.9 Å². The summed E-state index contributed by atoms with van der Waals surface area (Å²) in [5.74, 6) is -0.778. The molecule has 39 heavy (non-hydrogen) atoms. The number of carbonyl (C=O) groups is 2. The molecule has 0 aliphatic carbocycles. The van der Waals surface area contributed by atoms with Crippen LogP contribution in [0.2, 0.25) is 0 Å². The summed E-state index contributed by atoms with van der Waals surface area (Å²) < 4.78 is 29.8. The molecule has 7 nitrogen and oxygen atoms in total. The topological polar surface area (TPSA) is 86.8 Å². The Bertz CT molecular complexity index is 1390. The summed E-state index contributed by atoms with van der Waals surface area (Å²) in [5.41, 5.74) is 2.98. The fourth-order valence-electron chi connectivity index (χ4n) is 3.98. The molecule has 0 bridgehead atoms. The van der Waals surface area contributed by atoms with E-state index in [0.717, 1.165) is 31.9 Å². The van der Waals surface area contributed by atoms with Crippen LogP contribution in [0.3, 0.4) is 0 Å². The van der Waals surface area contributed by atoms with Crippen LogP contribution in [-0.2, 0) is 26.2 Å². The molecule has 0 heterocycles. The Kier molecular flexibility index (Phi) is 10.3. The smallest absolute Gasteiger partial charge is 0.264 e. The molecule has 3 aromatic rings. The summed E-state index contributed by atoms with van der Waals surface area (Å²) in [5, 5.41) is 2.94. The first-order valence-corrected chi connectivity index (χ1v) is 15.2. The van der Waals surface area contributed by atoms with E-state index in [1.54, 1.807) is 49.4 Å². The Morgan fingerprint density at radius 2 is 1.56 bits per heavy atom. The molecule has 0 aliphatic rings. The summed E-state index contributed by atoms with van der Waals surface area (Å²) in [6.45, 7) is 8.97. The van der Waals surface area contributed by atoms with Crippen molar-refractivity contribution >= 4 is 43.5 Å². The maximum absolute atomic E-state index is 13.9. The first-order valence-electron chi connectivity index (χ1n) is 12.9. The van der Waals surface area contributed by atoms with Crippen molar-refractivity contribution in [3.63, 3.8) is 0 Å². The third kappa shape index (κ3) is 7.92. The van der Waals surface area contributed by atoms with Crippen LogP contribution in [0.25, 0.3) is 0 Å². The third-order valence-corrected chi connectivity index (χ3v) is 8.93. The SMILES string of the molecule is CC[C@H](C)NC(=O)[C@@H](C)N(Cc1ccc(Br)cc1)C(=O)CN(c1cccc(C)c1)S(=O)(=O)c1ccc(C)cc1. The number of benzene rings is 3. The van der Waals surface area contributed by atoms with Gasteiger partial charge in [0.2, 0.25) is 11.8 Å². The Labute approximate surface area is 240 Å². The van der Waals surface area contributed by atoms with Crippen molar-refractivity contribution in [3.05, 3.63) is 94.0 Å². The van der Waals surface area contributed by atoms with Gasteiger partial charge in [0.1, 0.15) is 12.6 Å². The fraction of sp³-hybridized carbons (Fsp3) is 0.333. The molecule has 2 amide bonds. The summed E-state index contributed by atoms with van der Waals surface area (Å²) in [6, 6.07) is 20.1. The van der Waals surface area contributed by atoms with Crippen molar-refractivity contribution in [3.8, 4) is 0 Å². The second-order valence-corrected chi connectivity index (χ2v) is 12.6. The predicted molar refractivity (Wildman–Crippen MR) is 159 cm³/mol. The molecular weight excluding hydrogens is 578 g/mol. The minimum Gasteiger partial charge on any atom is -0.352 e. The molecule has 3 rings (SSSR count). The van der Waals surface area contributed by atoms with E-state index in [4.69, 9.17) is 0 Å². The lowest BCUT2D eigenvalue weighted by Gasteiger charge is -2.32. The zero-order valence-corrected chi connectivity index (χ0v) is 25.4. The van der Waals surface area contributed by atoms with Crippen molar-refractivity contribution in [2.45, 2.75) is 64.6 Å².